The summed E-state index contributed by atoms with van der Waals surface area (Å²) in [6, 6.07) is 7.13. The van der Waals surface area contributed by atoms with Crippen molar-refractivity contribution in [2.24, 2.45) is 11.3 Å². The first-order valence-electron chi connectivity index (χ1n) is 17.3. The van der Waals surface area contributed by atoms with Gasteiger partial charge in [-0.15, -0.1) is 0 Å². The van der Waals surface area contributed by atoms with E-state index in [4.69, 9.17) is 4.74 Å². The largest absolute Gasteiger partial charge is 0.497 e. The Morgan fingerprint density at radius 1 is 1.00 bits per heavy atom. The summed E-state index contributed by atoms with van der Waals surface area (Å²) in [5, 5.41) is 18.4. The Morgan fingerprint density at radius 2 is 1.86 bits per heavy atom. The molecule has 0 saturated carbocycles. The molecule has 43 heavy (non-hydrogen) atoms. The lowest BCUT2D eigenvalue weighted by Crippen LogP contribution is -2.66. The second-order valence-electron chi connectivity index (χ2n) is 14.4. The zero-order valence-electron chi connectivity index (χ0n) is 26.0. The molecule has 7 atom stereocenters. The zero-order valence-corrected chi connectivity index (χ0v) is 26.0. The molecular weight excluding hydrogens is 532 g/mol. The van der Waals surface area contributed by atoms with E-state index in [1.54, 1.807) is 7.11 Å². The van der Waals surface area contributed by atoms with Crippen molar-refractivity contribution in [3.8, 4) is 5.75 Å². The second kappa shape index (κ2) is 11.2. The Balaban J connectivity index is 1.29. The van der Waals surface area contributed by atoms with Crippen LogP contribution < -0.4 is 10.1 Å². The molecule has 2 aromatic rings. The maximum atomic E-state index is 13.2. The molecule has 0 radical (unpaired) electrons. The minimum absolute atomic E-state index is 0.0444. The monoisotopic (exact) mass is 582 g/mol. The normalized spacial score (nSPS) is 39.6. The molecule has 6 heteroatoms. The summed E-state index contributed by atoms with van der Waals surface area (Å²) in [6.45, 7) is 5.51. The number of nitrogens with zero attached hydrogens (tertiary/aromatic N) is 2. The molecule has 0 amide bonds. The minimum Gasteiger partial charge on any atom is -0.497 e. The molecule has 2 unspecified atom stereocenters. The highest BCUT2D eigenvalue weighted by Gasteiger charge is 2.66. The number of benzene rings is 1. The quantitative estimate of drug-likeness (QED) is 0.377. The number of piperidine rings is 1. The average Bonchev–Trinajstić information content (AvgIpc) is 3.52. The van der Waals surface area contributed by atoms with Crippen molar-refractivity contribution in [1.82, 2.24) is 20.1 Å². The Morgan fingerprint density at radius 3 is 2.77 bits per heavy atom. The topological polar surface area (TPSA) is 63.8 Å². The first kappa shape index (κ1) is 28.1. The van der Waals surface area contributed by atoms with E-state index in [0.717, 1.165) is 64.0 Å². The van der Waals surface area contributed by atoms with Crippen LogP contribution in [-0.4, -0.2) is 77.4 Å². The van der Waals surface area contributed by atoms with Crippen LogP contribution in [0.25, 0.3) is 10.9 Å². The maximum absolute atomic E-state index is 13.2. The van der Waals surface area contributed by atoms with Crippen molar-refractivity contribution in [3.63, 3.8) is 0 Å². The summed E-state index contributed by atoms with van der Waals surface area (Å²) in [4.78, 5) is 9.43. The van der Waals surface area contributed by atoms with Gasteiger partial charge in [0.2, 0.25) is 0 Å². The van der Waals surface area contributed by atoms with Gasteiger partial charge in [-0.05, 0) is 126 Å². The second-order valence-corrected chi connectivity index (χ2v) is 14.4. The van der Waals surface area contributed by atoms with E-state index in [-0.39, 0.29) is 17.5 Å². The van der Waals surface area contributed by atoms with Crippen molar-refractivity contribution in [2.75, 3.05) is 39.8 Å². The highest BCUT2D eigenvalue weighted by molar-refractivity contribution is 5.86. The summed E-state index contributed by atoms with van der Waals surface area (Å²) in [6.07, 6.45) is 24.5. The fourth-order valence-electron chi connectivity index (χ4n) is 10.3. The predicted octanol–water partition coefficient (Wildman–Crippen LogP) is 6.05. The number of aromatic nitrogens is 1. The zero-order chi connectivity index (χ0) is 29.0. The number of rotatable bonds is 2. The molecule has 6 heterocycles. The number of ether oxygens (including phenoxy) is 1. The lowest BCUT2D eigenvalue weighted by atomic mass is 9.54. The number of hydrogen-bond acceptors (Lipinski definition) is 5. The molecule has 1 aromatic heterocycles. The van der Waals surface area contributed by atoms with E-state index in [1.165, 1.54) is 72.8 Å². The fourth-order valence-corrected chi connectivity index (χ4v) is 10.3. The number of fused-ring (bicyclic) bond motifs is 5. The molecule has 6 aliphatic rings. The van der Waals surface area contributed by atoms with Gasteiger partial charge in [0.25, 0.3) is 0 Å². The third-order valence-corrected chi connectivity index (χ3v) is 12.0. The molecule has 1 spiro atoms. The average molecular weight is 583 g/mol. The van der Waals surface area contributed by atoms with Crippen LogP contribution in [0.15, 0.2) is 54.2 Å². The maximum Gasteiger partial charge on any atom is 0.119 e. The molecule has 1 aromatic carbocycles. The van der Waals surface area contributed by atoms with Crippen LogP contribution in [0, 0.1) is 11.3 Å². The summed E-state index contributed by atoms with van der Waals surface area (Å²) < 4.78 is 5.62. The number of aliphatic hydroxyl groups is 1. The molecule has 3 N–H and O–H groups in total. The molecule has 6 nitrogen and oxygen atoms in total. The van der Waals surface area contributed by atoms with Crippen LogP contribution in [-0.2, 0) is 6.42 Å². The Hall–Kier alpha value is -2.38. The number of aromatic amines is 1. The van der Waals surface area contributed by atoms with Crippen LogP contribution in [0.2, 0.25) is 0 Å². The van der Waals surface area contributed by atoms with Crippen LogP contribution in [0.3, 0.4) is 0 Å². The molecule has 5 aliphatic heterocycles. The number of allylic oxidation sites excluding steroid dienone is 3. The Labute approximate surface area is 257 Å². The Kier molecular flexibility index (Phi) is 7.33. The molecule has 2 saturated heterocycles. The summed E-state index contributed by atoms with van der Waals surface area (Å²) in [5.41, 5.74) is 4.56. The van der Waals surface area contributed by atoms with Gasteiger partial charge in [-0.1, -0.05) is 30.4 Å². The van der Waals surface area contributed by atoms with Crippen molar-refractivity contribution in [2.45, 2.75) is 94.4 Å². The predicted molar refractivity (Wildman–Crippen MR) is 173 cm³/mol. The lowest BCUT2D eigenvalue weighted by Gasteiger charge is -2.59. The van der Waals surface area contributed by atoms with Gasteiger partial charge in [0.15, 0.2) is 0 Å². The van der Waals surface area contributed by atoms with Crippen LogP contribution in [0.5, 0.6) is 5.75 Å². The van der Waals surface area contributed by atoms with Crippen LogP contribution >= 0.6 is 0 Å². The van der Waals surface area contributed by atoms with Gasteiger partial charge in [0.05, 0.1) is 24.8 Å². The smallest absolute Gasteiger partial charge is 0.119 e. The number of nitrogens with one attached hydrogen (secondary N) is 2. The summed E-state index contributed by atoms with van der Waals surface area (Å²) in [7, 11) is 1.76. The highest BCUT2D eigenvalue weighted by atomic mass is 16.5. The van der Waals surface area contributed by atoms with Gasteiger partial charge in [-0.25, -0.2) is 0 Å². The van der Waals surface area contributed by atoms with Gasteiger partial charge in [-0.3, -0.25) is 4.90 Å². The molecule has 2 fully saturated rings. The first-order chi connectivity index (χ1) is 21.1. The third kappa shape index (κ3) is 4.67. The van der Waals surface area contributed by atoms with Crippen molar-refractivity contribution < 1.29 is 9.84 Å². The number of methoxy groups -OCH3 is 1. The van der Waals surface area contributed by atoms with Gasteiger partial charge >= 0.3 is 0 Å². The first-order valence-corrected chi connectivity index (χ1v) is 17.3. The number of hydrogen-bond donors (Lipinski definition) is 3. The van der Waals surface area contributed by atoms with E-state index >= 15 is 0 Å². The van der Waals surface area contributed by atoms with E-state index in [0.29, 0.717) is 12.0 Å². The molecule has 1 aliphatic carbocycles. The highest BCUT2D eigenvalue weighted by Crippen LogP contribution is 2.61. The van der Waals surface area contributed by atoms with Crippen molar-refractivity contribution in [3.05, 3.63) is 65.4 Å². The summed E-state index contributed by atoms with van der Waals surface area (Å²) >= 11 is 0. The van der Waals surface area contributed by atoms with Gasteiger partial charge in [0, 0.05) is 41.1 Å². The molecule has 8 rings (SSSR count). The van der Waals surface area contributed by atoms with E-state index < -0.39 is 5.60 Å². The minimum atomic E-state index is -0.858. The van der Waals surface area contributed by atoms with Crippen LogP contribution in [0.1, 0.15) is 81.5 Å². The van der Waals surface area contributed by atoms with E-state index in [2.05, 4.69) is 68.7 Å². The standard InChI is InChI=1S/C37H50N4O2/c1-43-27-13-14-32-29(22-27)28-15-18-38-33(34(28)39-32)30-24-37(42)17-9-5-2-3-6-10-19-40-21-16-31(30)36(25-40)23-26-12-8-4-7-11-20-41(26)35(36)37/h2,5,8,12-14,22,24,26,31,33,35,38-39,42H,3-4,6-7,9-11,15-21,23,25H2,1H3/b5-2-,12-8-/t26-,31-,33?,35+,36-,37-/m0/s1. The SMILES string of the molecule is COc1ccc2[nH]c3c(c2c1)CCNC3C1=C[C@@]2(O)CC/C=C\CCCCN3CC[C@@H]1[C@]1(C[C@@H]4/C=C\CCCCN4[C@H]12)C3. The van der Waals surface area contributed by atoms with Gasteiger partial charge in [0.1, 0.15) is 5.75 Å². The van der Waals surface area contributed by atoms with E-state index in [1.807, 2.05) is 0 Å². The van der Waals surface area contributed by atoms with Gasteiger partial charge < -0.3 is 25.0 Å². The Bertz CT molecular complexity index is 1440. The van der Waals surface area contributed by atoms with E-state index in [9.17, 15) is 5.11 Å². The van der Waals surface area contributed by atoms with Crippen molar-refractivity contribution in [1.29, 1.82) is 0 Å². The molecule has 3 bridgehead atoms. The fraction of sp³-hybridized carbons (Fsp3) is 0.622. The molecule has 230 valence electrons. The molecular formula is C37H50N4O2. The lowest BCUT2D eigenvalue weighted by molar-refractivity contribution is -0.0984. The van der Waals surface area contributed by atoms with Crippen LogP contribution in [0.4, 0.5) is 0 Å². The third-order valence-electron chi connectivity index (χ3n) is 12.0. The van der Waals surface area contributed by atoms with Gasteiger partial charge in [-0.2, -0.15) is 0 Å². The van der Waals surface area contributed by atoms with Crippen molar-refractivity contribution >= 4 is 10.9 Å². The number of H-pyrrole nitrogens is 1. The summed E-state index contributed by atoms with van der Waals surface area (Å²) in [5.74, 6) is 1.37.